The monoisotopic (exact) mass is 416 g/mol. The number of hydrogen-bond donors (Lipinski definition) is 0. The van der Waals surface area contributed by atoms with Crippen molar-refractivity contribution in [1.29, 1.82) is 0 Å². The molecule has 0 amide bonds. The van der Waals surface area contributed by atoms with Crippen LogP contribution in [0.3, 0.4) is 0 Å². The van der Waals surface area contributed by atoms with Crippen LogP contribution in [0.25, 0.3) is 0 Å². The van der Waals surface area contributed by atoms with E-state index in [2.05, 4.69) is 4.74 Å². The Morgan fingerprint density at radius 2 is 1.68 bits per heavy atom. The highest BCUT2D eigenvalue weighted by Crippen LogP contribution is 2.24. The second-order valence-corrected chi connectivity index (χ2v) is 7.26. The Bertz CT molecular complexity index is 948. The number of carbonyl (C=O) groups is 2. The molecular formula is C21H17ClO5S. The van der Waals surface area contributed by atoms with Gasteiger partial charge in [0.15, 0.2) is 0 Å². The van der Waals surface area contributed by atoms with Gasteiger partial charge in [-0.3, -0.25) is 0 Å². The molecule has 2 aromatic carbocycles. The van der Waals surface area contributed by atoms with Crippen LogP contribution in [0.4, 0.5) is 0 Å². The van der Waals surface area contributed by atoms with Gasteiger partial charge in [0.25, 0.3) is 0 Å². The number of furan rings is 1. The van der Waals surface area contributed by atoms with Crippen molar-refractivity contribution >= 4 is 35.3 Å². The molecule has 0 bridgehead atoms. The van der Waals surface area contributed by atoms with Crippen molar-refractivity contribution in [2.24, 2.45) is 0 Å². The van der Waals surface area contributed by atoms with Gasteiger partial charge in [0.05, 0.1) is 12.7 Å². The predicted molar refractivity (Wildman–Crippen MR) is 107 cm³/mol. The van der Waals surface area contributed by atoms with Gasteiger partial charge in [0.2, 0.25) is 5.76 Å². The summed E-state index contributed by atoms with van der Waals surface area (Å²) in [5.41, 5.74) is 1.53. The van der Waals surface area contributed by atoms with Crippen LogP contribution in [0, 0.1) is 0 Å². The molecule has 0 saturated heterocycles. The van der Waals surface area contributed by atoms with Crippen molar-refractivity contribution in [3.05, 3.63) is 88.3 Å². The van der Waals surface area contributed by atoms with Crippen molar-refractivity contribution in [2.75, 3.05) is 7.11 Å². The third kappa shape index (κ3) is 5.41. The van der Waals surface area contributed by atoms with Gasteiger partial charge in [-0.15, -0.1) is 11.8 Å². The van der Waals surface area contributed by atoms with E-state index in [1.54, 1.807) is 30.0 Å². The predicted octanol–water partition coefficient (Wildman–Crippen LogP) is 5.37. The van der Waals surface area contributed by atoms with E-state index in [0.717, 1.165) is 16.2 Å². The van der Waals surface area contributed by atoms with Crippen molar-refractivity contribution in [3.8, 4) is 0 Å². The van der Waals surface area contributed by atoms with Crippen molar-refractivity contribution in [1.82, 2.24) is 0 Å². The average molecular weight is 417 g/mol. The van der Waals surface area contributed by atoms with Crippen molar-refractivity contribution in [2.45, 2.75) is 17.3 Å². The number of carbonyl (C=O) groups excluding carboxylic acids is 2. The molecule has 5 nitrogen and oxygen atoms in total. The second-order valence-electron chi connectivity index (χ2n) is 5.77. The lowest BCUT2D eigenvalue weighted by Crippen LogP contribution is -2.05. The summed E-state index contributed by atoms with van der Waals surface area (Å²) in [5.74, 6) is 0.165. The minimum atomic E-state index is -0.579. The molecule has 7 heteroatoms. The maximum Gasteiger partial charge on any atom is 0.373 e. The second kappa shape index (κ2) is 9.48. The first-order valence-corrected chi connectivity index (χ1v) is 9.73. The summed E-state index contributed by atoms with van der Waals surface area (Å²) in [6.07, 6.45) is 0. The summed E-state index contributed by atoms with van der Waals surface area (Å²) in [6.45, 7) is -0.0655. The van der Waals surface area contributed by atoms with Crippen LogP contribution in [-0.2, 0) is 21.8 Å². The molecule has 0 spiro atoms. The van der Waals surface area contributed by atoms with E-state index in [0.29, 0.717) is 16.3 Å². The fourth-order valence-electron chi connectivity index (χ4n) is 2.32. The van der Waals surface area contributed by atoms with Crippen molar-refractivity contribution in [3.63, 3.8) is 0 Å². The third-order valence-corrected chi connectivity index (χ3v) is 5.14. The van der Waals surface area contributed by atoms with Gasteiger partial charge >= 0.3 is 11.9 Å². The summed E-state index contributed by atoms with van der Waals surface area (Å²) in [7, 11) is 1.27. The normalized spacial score (nSPS) is 10.5. The highest BCUT2D eigenvalue weighted by molar-refractivity contribution is 7.98. The van der Waals surface area contributed by atoms with E-state index >= 15 is 0 Å². The fraction of sp³-hybridized carbons (Fsp3) is 0.143. The van der Waals surface area contributed by atoms with Crippen LogP contribution in [0.5, 0.6) is 0 Å². The lowest BCUT2D eigenvalue weighted by Gasteiger charge is -2.05. The maximum atomic E-state index is 12.2. The van der Waals surface area contributed by atoms with E-state index in [1.165, 1.54) is 13.2 Å². The summed E-state index contributed by atoms with van der Waals surface area (Å²) in [5, 5.41) is 0.711. The van der Waals surface area contributed by atoms with E-state index in [4.69, 9.17) is 20.8 Å². The van der Waals surface area contributed by atoms with Crippen LogP contribution in [0.15, 0.2) is 70.0 Å². The van der Waals surface area contributed by atoms with Crippen LogP contribution in [0.2, 0.25) is 5.02 Å². The fourth-order valence-corrected chi connectivity index (χ4v) is 3.30. The molecule has 0 atom stereocenters. The average Bonchev–Trinajstić information content (AvgIpc) is 3.20. The third-order valence-electron chi connectivity index (χ3n) is 3.80. The Morgan fingerprint density at radius 3 is 2.36 bits per heavy atom. The first-order chi connectivity index (χ1) is 13.5. The molecule has 0 aliphatic carbocycles. The zero-order valence-electron chi connectivity index (χ0n) is 15.0. The van der Waals surface area contributed by atoms with Crippen LogP contribution >= 0.6 is 23.4 Å². The number of thioether (sulfide) groups is 1. The van der Waals surface area contributed by atoms with Crippen molar-refractivity contribution < 1.29 is 23.5 Å². The Morgan fingerprint density at radius 1 is 0.964 bits per heavy atom. The largest absolute Gasteiger partial charge is 0.463 e. The van der Waals surface area contributed by atoms with E-state index in [-0.39, 0.29) is 12.4 Å². The maximum absolute atomic E-state index is 12.2. The molecule has 3 rings (SSSR count). The minimum Gasteiger partial charge on any atom is -0.463 e. The summed E-state index contributed by atoms with van der Waals surface area (Å²) in [6, 6.07) is 17.9. The standard InChI is InChI=1S/C21H17ClO5S/c1-25-21(24)19-11-8-17(27-19)12-26-20(23)15-4-2-14(3-5-15)13-28-18-9-6-16(22)7-10-18/h2-11H,12-13H2,1H3. The molecule has 0 fully saturated rings. The highest BCUT2D eigenvalue weighted by atomic mass is 35.5. The van der Waals surface area contributed by atoms with Crippen LogP contribution in [0.1, 0.15) is 32.2 Å². The van der Waals surface area contributed by atoms with Gasteiger partial charge in [-0.1, -0.05) is 23.7 Å². The van der Waals surface area contributed by atoms with Gasteiger partial charge in [-0.05, 0) is 54.1 Å². The Kier molecular flexibility index (Phi) is 6.79. The smallest absolute Gasteiger partial charge is 0.373 e. The first kappa shape index (κ1) is 20.0. The zero-order valence-corrected chi connectivity index (χ0v) is 16.6. The van der Waals surface area contributed by atoms with Gasteiger partial charge in [-0.25, -0.2) is 9.59 Å². The van der Waals surface area contributed by atoms with E-state index in [1.807, 2.05) is 36.4 Å². The molecule has 1 aromatic heterocycles. The minimum absolute atomic E-state index is 0.0655. The highest BCUT2D eigenvalue weighted by Gasteiger charge is 2.13. The lowest BCUT2D eigenvalue weighted by atomic mass is 10.1. The molecule has 0 N–H and O–H groups in total. The number of benzene rings is 2. The lowest BCUT2D eigenvalue weighted by molar-refractivity contribution is 0.0438. The molecule has 28 heavy (non-hydrogen) atoms. The van der Waals surface area contributed by atoms with Crippen LogP contribution < -0.4 is 0 Å². The zero-order chi connectivity index (χ0) is 19.9. The van der Waals surface area contributed by atoms with E-state index < -0.39 is 11.9 Å². The number of esters is 2. The molecular weight excluding hydrogens is 400 g/mol. The SMILES string of the molecule is COC(=O)c1ccc(COC(=O)c2ccc(CSc3ccc(Cl)cc3)cc2)o1. The molecule has 3 aromatic rings. The molecule has 144 valence electrons. The number of hydrogen-bond acceptors (Lipinski definition) is 6. The number of rotatable bonds is 7. The van der Waals surface area contributed by atoms with E-state index in [9.17, 15) is 9.59 Å². The number of ether oxygens (including phenoxy) is 2. The molecule has 0 radical (unpaired) electrons. The molecule has 0 aliphatic rings. The summed E-state index contributed by atoms with van der Waals surface area (Å²) < 4.78 is 15.0. The first-order valence-electron chi connectivity index (χ1n) is 8.36. The molecule has 1 heterocycles. The van der Waals surface area contributed by atoms with Gasteiger partial charge in [0, 0.05) is 15.7 Å². The van der Waals surface area contributed by atoms with Crippen LogP contribution in [-0.4, -0.2) is 19.0 Å². The molecule has 0 unspecified atom stereocenters. The van der Waals surface area contributed by atoms with Gasteiger partial charge in [-0.2, -0.15) is 0 Å². The Labute approximate surface area is 171 Å². The number of halogens is 1. The Balaban J connectivity index is 1.51. The summed E-state index contributed by atoms with van der Waals surface area (Å²) >= 11 is 7.57. The number of methoxy groups -OCH3 is 1. The molecule has 0 aliphatic heterocycles. The molecule has 0 saturated carbocycles. The Hall–Kier alpha value is -2.70. The quantitative estimate of drug-likeness (QED) is 0.381. The van der Waals surface area contributed by atoms with Gasteiger partial charge in [0.1, 0.15) is 12.4 Å². The van der Waals surface area contributed by atoms with Gasteiger partial charge < -0.3 is 13.9 Å². The summed E-state index contributed by atoms with van der Waals surface area (Å²) in [4.78, 5) is 24.6. The topological polar surface area (TPSA) is 65.7 Å².